The molecule has 1 aliphatic carbocycles. The highest BCUT2D eigenvalue weighted by molar-refractivity contribution is 6.14. The highest BCUT2D eigenvalue weighted by Crippen LogP contribution is 2.35. The first-order chi connectivity index (χ1) is 9.52. The van der Waals surface area contributed by atoms with E-state index in [2.05, 4.69) is 9.99 Å². The van der Waals surface area contributed by atoms with Gasteiger partial charge in [0, 0.05) is 5.56 Å². The van der Waals surface area contributed by atoms with E-state index in [-0.39, 0.29) is 5.56 Å². The van der Waals surface area contributed by atoms with E-state index in [1.807, 2.05) is 6.07 Å². The van der Waals surface area contributed by atoms with Crippen LogP contribution in [0.2, 0.25) is 0 Å². The summed E-state index contributed by atoms with van der Waals surface area (Å²) >= 11 is 0. The molecule has 20 heavy (non-hydrogen) atoms. The average Bonchev–Trinajstić information content (AvgIpc) is 2.81. The van der Waals surface area contributed by atoms with Crippen LogP contribution in [0, 0.1) is 0 Å². The molecule has 2 aromatic rings. The molecule has 0 amide bonds. The van der Waals surface area contributed by atoms with Gasteiger partial charge in [-0.1, -0.05) is 35.5 Å². The van der Waals surface area contributed by atoms with Crippen molar-refractivity contribution in [3.63, 3.8) is 0 Å². The largest absolute Gasteiger partial charge is 0.437 e. The molecule has 2 nitrogen and oxygen atoms in total. The topological polar surface area (TPSA) is 21.6 Å². The second-order valence-corrected chi connectivity index (χ2v) is 4.73. The summed E-state index contributed by atoms with van der Waals surface area (Å²) in [5.74, 6) is 0. The zero-order valence-electron chi connectivity index (χ0n) is 10.8. The molecule has 0 heterocycles. The molecular weight excluding hydrogens is 267 g/mol. The van der Waals surface area contributed by atoms with Gasteiger partial charge < -0.3 is 4.84 Å². The van der Waals surface area contributed by atoms with E-state index < -0.39 is 11.9 Å². The third-order valence-electron chi connectivity index (χ3n) is 3.58. The van der Waals surface area contributed by atoms with Gasteiger partial charge in [-0.2, -0.15) is 13.2 Å². The Kier molecular flexibility index (Phi) is 2.92. The van der Waals surface area contributed by atoms with Gasteiger partial charge in [-0.05, 0) is 34.7 Å². The van der Waals surface area contributed by atoms with E-state index in [1.54, 1.807) is 18.2 Å². The number of hydrogen-bond acceptors (Lipinski definition) is 2. The predicted molar refractivity (Wildman–Crippen MR) is 71.0 cm³/mol. The van der Waals surface area contributed by atoms with Crippen molar-refractivity contribution in [2.75, 3.05) is 7.11 Å². The number of aryl methyl sites for hydroxylation is 2. The number of alkyl halides is 3. The number of halogens is 3. The van der Waals surface area contributed by atoms with Gasteiger partial charge in [-0.3, -0.25) is 0 Å². The molecule has 0 fully saturated rings. The van der Waals surface area contributed by atoms with E-state index >= 15 is 0 Å². The first-order valence-corrected chi connectivity index (χ1v) is 6.24. The Bertz CT molecular complexity index is 694. The molecule has 0 aliphatic heterocycles. The van der Waals surface area contributed by atoms with Crippen molar-refractivity contribution in [1.82, 2.24) is 0 Å². The van der Waals surface area contributed by atoms with Gasteiger partial charge in [0.05, 0.1) is 0 Å². The maximum atomic E-state index is 13.1. The summed E-state index contributed by atoms with van der Waals surface area (Å²) in [5.41, 5.74) is 1.27. The van der Waals surface area contributed by atoms with E-state index in [1.165, 1.54) is 6.07 Å². The molecule has 0 N–H and O–H groups in total. The van der Waals surface area contributed by atoms with E-state index in [4.69, 9.17) is 0 Å². The summed E-state index contributed by atoms with van der Waals surface area (Å²) in [6, 6.07) is 8.70. The van der Waals surface area contributed by atoms with E-state index in [0.29, 0.717) is 5.39 Å². The summed E-state index contributed by atoms with van der Waals surface area (Å²) < 4.78 is 39.4. The Morgan fingerprint density at radius 3 is 2.45 bits per heavy atom. The summed E-state index contributed by atoms with van der Waals surface area (Å²) in [5, 5.41) is 4.70. The van der Waals surface area contributed by atoms with Crippen LogP contribution < -0.4 is 0 Å². The monoisotopic (exact) mass is 279 g/mol. The predicted octanol–water partition coefficient (Wildman–Crippen LogP) is 3.85. The molecule has 0 saturated carbocycles. The van der Waals surface area contributed by atoms with Crippen molar-refractivity contribution in [1.29, 1.82) is 0 Å². The molecule has 0 aromatic heterocycles. The zero-order valence-corrected chi connectivity index (χ0v) is 10.8. The first-order valence-electron chi connectivity index (χ1n) is 6.24. The molecule has 0 spiro atoms. The molecule has 0 unspecified atom stereocenters. The highest BCUT2D eigenvalue weighted by Gasteiger charge is 2.39. The van der Waals surface area contributed by atoms with Crippen molar-refractivity contribution < 1.29 is 18.0 Å². The quantitative estimate of drug-likeness (QED) is 0.604. The van der Waals surface area contributed by atoms with Crippen LogP contribution in [0.15, 0.2) is 35.5 Å². The van der Waals surface area contributed by atoms with Crippen LogP contribution in [-0.2, 0) is 17.7 Å². The molecule has 0 bridgehead atoms. The second kappa shape index (κ2) is 4.51. The minimum atomic E-state index is -4.55. The summed E-state index contributed by atoms with van der Waals surface area (Å²) in [4.78, 5) is 4.38. The van der Waals surface area contributed by atoms with Gasteiger partial charge in [0.25, 0.3) is 0 Å². The lowest BCUT2D eigenvalue weighted by molar-refractivity contribution is -0.0607. The van der Waals surface area contributed by atoms with Gasteiger partial charge in [-0.15, -0.1) is 0 Å². The third kappa shape index (κ3) is 1.94. The van der Waals surface area contributed by atoms with Crippen LogP contribution in [0.25, 0.3) is 10.8 Å². The van der Waals surface area contributed by atoms with Crippen molar-refractivity contribution in [3.8, 4) is 0 Å². The van der Waals surface area contributed by atoms with Gasteiger partial charge >= 0.3 is 6.18 Å². The van der Waals surface area contributed by atoms with Gasteiger partial charge in [0.1, 0.15) is 7.11 Å². The average molecular weight is 279 g/mol. The normalized spacial score (nSPS) is 14.9. The second-order valence-electron chi connectivity index (χ2n) is 4.73. The Morgan fingerprint density at radius 1 is 1.10 bits per heavy atom. The van der Waals surface area contributed by atoms with Crippen molar-refractivity contribution in [2.24, 2.45) is 5.16 Å². The molecule has 0 saturated heterocycles. The fourth-order valence-electron chi connectivity index (χ4n) is 2.80. The van der Waals surface area contributed by atoms with Crippen LogP contribution in [0.5, 0.6) is 0 Å². The highest BCUT2D eigenvalue weighted by atomic mass is 19.4. The molecule has 1 aliphatic rings. The lowest BCUT2D eigenvalue weighted by Gasteiger charge is -2.13. The van der Waals surface area contributed by atoms with Gasteiger partial charge in [-0.25, -0.2) is 0 Å². The van der Waals surface area contributed by atoms with Gasteiger partial charge in [0.15, 0.2) is 5.71 Å². The van der Waals surface area contributed by atoms with E-state index in [9.17, 15) is 13.2 Å². The number of benzene rings is 2. The van der Waals surface area contributed by atoms with Crippen molar-refractivity contribution in [3.05, 3.63) is 47.0 Å². The molecule has 104 valence electrons. The Labute approximate surface area is 113 Å². The number of nitrogens with zero attached hydrogens (tertiary/aromatic N) is 1. The SMILES string of the molecule is CON=C(c1ccc2c3c(cccc13)CC2)C(F)(F)F. The standard InChI is InChI=1S/C15H12F3NO/c1-20-19-14(15(16,17)18)12-8-7-10-6-5-9-3-2-4-11(12)13(9)10/h2-4,7-8H,5-6H2,1H3. The molecule has 2 aromatic carbocycles. The third-order valence-corrected chi connectivity index (χ3v) is 3.58. The van der Waals surface area contributed by atoms with Crippen molar-refractivity contribution in [2.45, 2.75) is 19.0 Å². The fraction of sp³-hybridized carbons (Fsp3) is 0.267. The molecule has 0 radical (unpaired) electrons. The number of hydrogen-bond donors (Lipinski definition) is 0. The fourth-order valence-corrected chi connectivity index (χ4v) is 2.80. The lowest BCUT2D eigenvalue weighted by Crippen LogP contribution is -2.24. The molecule has 0 atom stereocenters. The number of oxime groups is 1. The maximum Gasteiger partial charge on any atom is 0.437 e. The molecule has 3 rings (SSSR count). The van der Waals surface area contributed by atoms with Crippen LogP contribution in [-0.4, -0.2) is 19.0 Å². The minimum absolute atomic E-state index is 0.0712. The Hall–Kier alpha value is -2.04. The smallest absolute Gasteiger partial charge is 0.399 e. The van der Waals surface area contributed by atoms with Crippen LogP contribution in [0.1, 0.15) is 16.7 Å². The maximum absolute atomic E-state index is 13.1. The van der Waals surface area contributed by atoms with E-state index in [0.717, 1.165) is 36.5 Å². The van der Waals surface area contributed by atoms with Crippen molar-refractivity contribution >= 4 is 16.5 Å². The minimum Gasteiger partial charge on any atom is -0.399 e. The van der Waals surface area contributed by atoms with Gasteiger partial charge in [0.2, 0.25) is 0 Å². The van der Waals surface area contributed by atoms with Crippen LogP contribution >= 0.6 is 0 Å². The summed E-state index contributed by atoms with van der Waals surface area (Å²) in [6.45, 7) is 0. The molecule has 5 heteroatoms. The van der Waals surface area contributed by atoms with Crippen LogP contribution in [0.3, 0.4) is 0 Å². The number of rotatable bonds is 2. The first kappa shape index (κ1) is 13.0. The Morgan fingerprint density at radius 2 is 1.80 bits per heavy atom. The zero-order chi connectivity index (χ0) is 14.3. The van der Waals surface area contributed by atoms with Crippen LogP contribution in [0.4, 0.5) is 13.2 Å². The lowest BCUT2D eigenvalue weighted by atomic mass is 9.97. The molecular formula is C15H12F3NO. The summed E-state index contributed by atoms with van der Waals surface area (Å²) in [7, 11) is 1.12. The summed E-state index contributed by atoms with van der Waals surface area (Å²) in [6.07, 6.45) is -2.80. The Balaban J connectivity index is 2.30.